The Morgan fingerprint density at radius 2 is 1.70 bits per heavy atom. The lowest BCUT2D eigenvalue weighted by molar-refractivity contribution is 0.637. The second-order valence-electron chi connectivity index (χ2n) is 4.81. The van der Waals surface area contributed by atoms with Crippen LogP contribution in [0.25, 0.3) is 10.8 Å². The maximum atomic E-state index is 13.8. The van der Waals surface area contributed by atoms with Crippen molar-refractivity contribution in [1.29, 1.82) is 0 Å². The fourth-order valence-corrected chi connectivity index (χ4v) is 2.46. The fraction of sp³-hybridized carbons (Fsp3) is 0.118. The Labute approximate surface area is 117 Å². The Morgan fingerprint density at radius 3 is 2.45 bits per heavy atom. The summed E-state index contributed by atoms with van der Waals surface area (Å²) < 4.78 is 13.8. The quantitative estimate of drug-likeness (QED) is 0.786. The van der Waals surface area contributed by atoms with E-state index >= 15 is 0 Å². The molecule has 100 valence electrons. The van der Waals surface area contributed by atoms with Crippen LogP contribution in [0.3, 0.4) is 0 Å². The van der Waals surface area contributed by atoms with Crippen molar-refractivity contribution in [2.24, 2.45) is 5.73 Å². The number of hydrogen-bond acceptors (Lipinski definition) is 2. The van der Waals surface area contributed by atoms with Gasteiger partial charge in [0, 0.05) is 29.7 Å². The van der Waals surface area contributed by atoms with Crippen molar-refractivity contribution < 1.29 is 4.39 Å². The standard InChI is InChI=1S/C17H15FN2/c18-16-9-8-15(13-6-1-2-7-14(13)16)17(19)11-12-5-3-4-10-20-12/h1-10,17H,11,19H2. The summed E-state index contributed by atoms with van der Waals surface area (Å²) in [7, 11) is 0. The largest absolute Gasteiger partial charge is 0.324 e. The van der Waals surface area contributed by atoms with Gasteiger partial charge in [-0.1, -0.05) is 36.4 Å². The molecule has 0 aliphatic carbocycles. The van der Waals surface area contributed by atoms with Crippen molar-refractivity contribution >= 4 is 10.8 Å². The number of hydrogen-bond donors (Lipinski definition) is 1. The second kappa shape index (κ2) is 5.39. The van der Waals surface area contributed by atoms with Crippen molar-refractivity contribution in [1.82, 2.24) is 4.98 Å². The molecule has 2 aromatic carbocycles. The molecule has 0 fully saturated rings. The maximum absolute atomic E-state index is 13.8. The van der Waals surface area contributed by atoms with Crippen molar-refractivity contribution in [3.05, 3.63) is 77.9 Å². The third kappa shape index (κ3) is 2.40. The summed E-state index contributed by atoms with van der Waals surface area (Å²) in [5.74, 6) is -0.214. The first kappa shape index (κ1) is 12.8. The normalized spacial score (nSPS) is 12.5. The van der Waals surface area contributed by atoms with Gasteiger partial charge in [-0.25, -0.2) is 4.39 Å². The SMILES string of the molecule is NC(Cc1ccccn1)c1ccc(F)c2ccccc12. The van der Waals surface area contributed by atoms with Crippen LogP contribution >= 0.6 is 0 Å². The zero-order chi connectivity index (χ0) is 13.9. The third-order valence-electron chi connectivity index (χ3n) is 3.46. The molecule has 3 heteroatoms. The average molecular weight is 266 g/mol. The number of rotatable bonds is 3. The molecule has 0 saturated carbocycles. The van der Waals surface area contributed by atoms with Crippen molar-refractivity contribution in [3.8, 4) is 0 Å². The summed E-state index contributed by atoms with van der Waals surface area (Å²) in [5, 5.41) is 1.48. The average Bonchev–Trinajstić information content (AvgIpc) is 2.49. The molecule has 0 aliphatic rings. The van der Waals surface area contributed by atoms with E-state index in [1.165, 1.54) is 6.07 Å². The highest BCUT2D eigenvalue weighted by Crippen LogP contribution is 2.26. The zero-order valence-corrected chi connectivity index (χ0v) is 11.0. The van der Waals surface area contributed by atoms with E-state index in [-0.39, 0.29) is 11.9 Å². The Bertz CT molecular complexity index is 725. The predicted octanol–water partition coefficient (Wildman–Crippen LogP) is 3.62. The Morgan fingerprint density at radius 1 is 0.950 bits per heavy atom. The highest BCUT2D eigenvalue weighted by Gasteiger charge is 2.13. The highest BCUT2D eigenvalue weighted by molar-refractivity contribution is 5.86. The van der Waals surface area contributed by atoms with E-state index in [1.807, 2.05) is 36.4 Å². The van der Waals surface area contributed by atoms with Gasteiger partial charge in [0.1, 0.15) is 5.82 Å². The summed E-state index contributed by atoms with van der Waals surface area (Å²) in [6, 6.07) is 16.2. The molecule has 3 aromatic rings. The first-order valence-corrected chi connectivity index (χ1v) is 6.58. The molecule has 0 saturated heterocycles. The monoisotopic (exact) mass is 266 g/mol. The summed E-state index contributed by atoms with van der Waals surface area (Å²) in [5.41, 5.74) is 8.17. The number of benzene rings is 2. The molecule has 0 amide bonds. The predicted molar refractivity (Wildman–Crippen MR) is 78.8 cm³/mol. The van der Waals surface area contributed by atoms with Crippen molar-refractivity contribution in [3.63, 3.8) is 0 Å². The molecule has 2 nitrogen and oxygen atoms in total. The fourth-order valence-electron chi connectivity index (χ4n) is 2.46. The number of aromatic nitrogens is 1. The van der Waals surface area contributed by atoms with Crippen LogP contribution in [-0.4, -0.2) is 4.98 Å². The molecule has 0 aliphatic heterocycles. The summed E-state index contributed by atoms with van der Waals surface area (Å²) >= 11 is 0. The molecule has 0 bridgehead atoms. The minimum absolute atomic E-state index is 0.199. The van der Waals surface area contributed by atoms with Gasteiger partial charge in [-0.05, 0) is 29.1 Å². The van der Waals surface area contributed by atoms with Crippen molar-refractivity contribution in [2.75, 3.05) is 0 Å². The minimum atomic E-state index is -0.214. The molecule has 2 N–H and O–H groups in total. The zero-order valence-electron chi connectivity index (χ0n) is 11.0. The molecule has 0 radical (unpaired) electrons. The van der Waals surface area contributed by atoms with E-state index in [2.05, 4.69) is 4.98 Å². The van der Waals surface area contributed by atoms with Gasteiger partial charge in [-0.3, -0.25) is 4.98 Å². The van der Waals surface area contributed by atoms with Gasteiger partial charge in [-0.15, -0.1) is 0 Å². The molecule has 3 rings (SSSR count). The van der Waals surface area contributed by atoms with Crippen LogP contribution in [0.4, 0.5) is 4.39 Å². The summed E-state index contributed by atoms with van der Waals surface area (Å²) in [6.45, 7) is 0. The van der Waals surface area contributed by atoms with Crippen LogP contribution in [-0.2, 0) is 6.42 Å². The molecule has 20 heavy (non-hydrogen) atoms. The first-order chi connectivity index (χ1) is 9.75. The number of pyridine rings is 1. The highest BCUT2D eigenvalue weighted by atomic mass is 19.1. The topological polar surface area (TPSA) is 38.9 Å². The Kier molecular flexibility index (Phi) is 3.44. The van der Waals surface area contributed by atoms with E-state index in [0.29, 0.717) is 11.8 Å². The van der Waals surface area contributed by atoms with Crippen LogP contribution in [0, 0.1) is 5.82 Å². The Hall–Kier alpha value is -2.26. The van der Waals surface area contributed by atoms with Gasteiger partial charge in [0.05, 0.1) is 0 Å². The van der Waals surface area contributed by atoms with Gasteiger partial charge in [-0.2, -0.15) is 0 Å². The van der Waals surface area contributed by atoms with E-state index in [9.17, 15) is 4.39 Å². The van der Waals surface area contributed by atoms with Crippen LogP contribution < -0.4 is 5.73 Å². The van der Waals surface area contributed by atoms with Crippen LogP contribution in [0.5, 0.6) is 0 Å². The van der Waals surface area contributed by atoms with Crippen molar-refractivity contribution in [2.45, 2.75) is 12.5 Å². The van der Waals surface area contributed by atoms with E-state index in [4.69, 9.17) is 5.73 Å². The molecular weight excluding hydrogens is 251 g/mol. The molecule has 1 atom stereocenters. The number of halogens is 1. The molecule has 1 aromatic heterocycles. The number of fused-ring (bicyclic) bond motifs is 1. The molecule has 1 heterocycles. The molecule has 1 unspecified atom stereocenters. The minimum Gasteiger partial charge on any atom is -0.324 e. The van der Waals surface area contributed by atoms with E-state index in [1.54, 1.807) is 18.3 Å². The molecule has 0 spiro atoms. The number of nitrogens with zero attached hydrogens (tertiary/aromatic N) is 1. The van der Waals surface area contributed by atoms with Gasteiger partial charge >= 0.3 is 0 Å². The third-order valence-corrected chi connectivity index (χ3v) is 3.46. The molecular formula is C17H15FN2. The van der Waals surface area contributed by atoms with Gasteiger partial charge in [0.2, 0.25) is 0 Å². The lowest BCUT2D eigenvalue weighted by Crippen LogP contribution is -2.14. The van der Waals surface area contributed by atoms with Crippen LogP contribution in [0.2, 0.25) is 0 Å². The smallest absolute Gasteiger partial charge is 0.131 e. The lowest BCUT2D eigenvalue weighted by atomic mass is 9.96. The lowest BCUT2D eigenvalue weighted by Gasteiger charge is -2.15. The van der Waals surface area contributed by atoms with Crippen LogP contribution in [0.1, 0.15) is 17.3 Å². The second-order valence-corrected chi connectivity index (χ2v) is 4.81. The summed E-state index contributed by atoms with van der Waals surface area (Å²) in [6.07, 6.45) is 2.39. The first-order valence-electron chi connectivity index (χ1n) is 6.58. The van der Waals surface area contributed by atoms with E-state index < -0.39 is 0 Å². The van der Waals surface area contributed by atoms with Gasteiger partial charge in [0.15, 0.2) is 0 Å². The summed E-state index contributed by atoms with van der Waals surface area (Å²) in [4.78, 5) is 4.29. The van der Waals surface area contributed by atoms with E-state index in [0.717, 1.165) is 16.6 Å². The van der Waals surface area contributed by atoms with Crippen LogP contribution in [0.15, 0.2) is 60.8 Å². The number of nitrogens with two attached hydrogens (primary N) is 1. The Balaban J connectivity index is 2.00. The van der Waals surface area contributed by atoms with Gasteiger partial charge < -0.3 is 5.73 Å². The maximum Gasteiger partial charge on any atom is 0.131 e. The van der Waals surface area contributed by atoms with Gasteiger partial charge in [0.25, 0.3) is 0 Å².